The minimum atomic E-state index is -3.87. The monoisotopic (exact) mass is 386 g/mol. The third kappa shape index (κ3) is 3.33. The van der Waals surface area contributed by atoms with E-state index < -0.39 is 16.2 Å². The minimum absolute atomic E-state index is 0.184. The molecule has 0 spiro atoms. The Morgan fingerprint density at radius 2 is 1.04 bits per heavy atom. The zero-order valence-corrected chi connectivity index (χ0v) is 16.5. The Bertz CT molecular complexity index is 830. The van der Waals surface area contributed by atoms with Gasteiger partial charge in [-0.1, -0.05) is 0 Å². The van der Waals surface area contributed by atoms with Crippen molar-refractivity contribution in [1.82, 2.24) is 0 Å². The van der Waals surface area contributed by atoms with Gasteiger partial charge in [0.05, 0.1) is 0 Å². The van der Waals surface area contributed by atoms with E-state index in [2.05, 4.69) is 0 Å². The first-order valence-corrected chi connectivity index (χ1v) is 12.8. The summed E-state index contributed by atoms with van der Waals surface area (Å²) < 4.78 is 32.8. The predicted molar refractivity (Wildman–Crippen MR) is 112 cm³/mol. The average molecular weight is 386 g/mol. The van der Waals surface area contributed by atoms with E-state index in [1.807, 2.05) is 97.9 Å². The van der Waals surface area contributed by atoms with E-state index in [-0.39, 0.29) is 6.61 Å². The van der Waals surface area contributed by atoms with Gasteiger partial charge in [0.1, 0.15) is 0 Å². The van der Waals surface area contributed by atoms with Crippen molar-refractivity contribution >= 4 is 32.1 Å². The van der Waals surface area contributed by atoms with Crippen molar-refractivity contribution in [3.05, 3.63) is 91.0 Å². The van der Waals surface area contributed by atoms with Gasteiger partial charge in [0.25, 0.3) is 0 Å². The van der Waals surface area contributed by atoms with Gasteiger partial charge in [-0.2, -0.15) is 0 Å². The molecule has 3 aromatic carbocycles. The molecule has 0 aliphatic carbocycles. The standard InChI is InChI=1S/C21H23O3PS/c1-2-18-24-26(22,23)25(19-12-6-3-7-13-19,20-14-8-4-9-15-20)21-16-10-5-11-17-21/h3-17,25H,2,18H2,1H3. The maximum atomic E-state index is 13.7. The molecule has 3 nitrogen and oxygen atoms in total. The average Bonchev–Trinajstić information content (AvgIpc) is 2.69. The van der Waals surface area contributed by atoms with Gasteiger partial charge in [0, 0.05) is 0 Å². The van der Waals surface area contributed by atoms with Crippen LogP contribution in [0.4, 0.5) is 0 Å². The molecule has 0 N–H and O–H groups in total. The third-order valence-electron chi connectivity index (χ3n) is 4.36. The van der Waals surface area contributed by atoms with Crippen LogP contribution < -0.4 is 15.9 Å². The van der Waals surface area contributed by atoms with Crippen LogP contribution in [0, 0.1) is 0 Å². The van der Waals surface area contributed by atoms with Crippen LogP contribution in [0.5, 0.6) is 0 Å². The summed E-state index contributed by atoms with van der Waals surface area (Å²) in [5, 5.41) is 2.40. The van der Waals surface area contributed by atoms with E-state index in [0.29, 0.717) is 6.42 Å². The first-order chi connectivity index (χ1) is 12.6. The fraction of sp³-hybridized carbons (Fsp3) is 0.143. The molecule has 0 saturated carbocycles. The molecule has 0 saturated heterocycles. The molecule has 26 heavy (non-hydrogen) atoms. The SMILES string of the molecule is CCCOS(=O)(=O)[PH](c1ccccc1)(c1ccccc1)c1ccccc1. The number of rotatable bonds is 7. The van der Waals surface area contributed by atoms with Crippen LogP contribution in [-0.4, -0.2) is 15.0 Å². The second-order valence-corrected chi connectivity index (χ2v) is 13.6. The first kappa shape index (κ1) is 18.8. The second kappa shape index (κ2) is 8.13. The summed E-state index contributed by atoms with van der Waals surface area (Å²) in [5.74, 6) is 0. The summed E-state index contributed by atoms with van der Waals surface area (Å²) in [5.41, 5.74) is 0. The van der Waals surface area contributed by atoms with Gasteiger partial charge < -0.3 is 0 Å². The molecule has 0 amide bonds. The molecule has 0 atom stereocenters. The normalized spacial score (nSPS) is 12.7. The van der Waals surface area contributed by atoms with Crippen LogP contribution in [0.3, 0.4) is 0 Å². The fourth-order valence-electron chi connectivity index (χ4n) is 3.23. The molecule has 3 aromatic rings. The van der Waals surface area contributed by atoms with Gasteiger partial charge in [-0.3, -0.25) is 0 Å². The fourth-order valence-corrected chi connectivity index (χ4v) is 12.3. The molecule has 0 bridgehead atoms. The number of hydrogen-bond donors (Lipinski definition) is 0. The molecular formula is C21H23O3PS. The molecule has 136 valence electrons. The molecule has 0 fully saturated rings. The van der Waals surface area contributed by atoms with Crippen LogP contribution in [0.2, 0.25) is 0 Å². The summed E-state index contributed by atoms with van der Waals surface area (Å²) in [6, 6.07) is 28.4. The molecule has 3 rings (SSSR count). The Morgan fingerprint density at radius 3 is 1.35 bits per heavy atom. The van der Waals surface area contributed by atoms with E-state index in [9.17, 15) is 8.42 Å². The van der Waals surface area contributed by atoms with E-state index in [1.54, 1.807) is 0 Å². The second-order valence-electron chi connectivity index (χ2n) is 6.06. The van der Waals surface area contributed by atoms with Crippen molar-refractivity contribution in [3.63, 3.8) is 0 Å². The zero-order chi connectivity index (χ0) is 18.5. The summed E-state index contributed by atoms with van der Waals surface area (Å²) >= 11 is 0. The Labute approximate surface area is 155 Å². The van der Waals surface area contributed by atoms with E-state index in [0.717, 1.165) is 15.9 Å². The molecule has 0 aliphatic heterocycles. The molecule has 0 aliphatic rings. The van der Waals surface area contributed by atoms with Crippen molar-refractivity contribution in [2.45, 2.75) is 13.3 Å². The molecule has 0 unspecified atom stereocenters. The van der Waals surface area contributed by atoms with Crippen LogP contribution in [-0.2, 0) is 13.9 Å². The number of hydrogen-bond acceptors (Lipinski definition) is 3. The maximum absolute atomic E-state index is 13.7. The van der Waals surface area contributed by atoms with Crippen molar-refractivity contribution in [2.75, 3.05) is 6.61 Å². The van der Waals surface area contributed by atoms with Crippen molar-refractivity contribution in [3.8, 4) is 0 Å². The van der Waals surface area contributed by atoms with Crippen molar-refractivity contribution in [1.29, 1.82) is 0 Å². The van der Waals surface area contributed by atoms with Crippen LogP contribution in [0.25, 0.3) is 0 Å². The summed E-state index contributed by atoms with van der Waals surface area (Å²) in [7, 11) is -3.87. The third-order valence-corrected chi connectivity index (χ3v) is 13.7. The van der Waals surface area contributed by atoms with Crippen LogP contribution >= 0.6 is 6.46 Å². The molecule has 0 radical (unpaired) electrons. The summed E-state index contributed by atoms with van der Waals surface area (Å²) in [6.45, 7) is -1.35. The Balaban J connectivity index is 2.40. The Kier molecular flexibility index (Phi) is 5.87. The van der Waals surface area contributed by atoms with Crippen LogP contribution in [0.15, 0.2) is 91.0 Å². The van der Waals surface area contributed by atoms with Gasteiger partial charge in [-0.05, 0) is 0 Å². The Morgan fingerprint density at radius 1 is 0.692 bits per heavy atom. The summed E-state index contributed by atoms with van der Waals surface area (Å²) in [6.07, 6.45) is 0.641. The van der Waals surface area contributed by atoms with Crippen LogP contribution in [0.1, 0.15) is 13.3 Å². The van der Waals surface area contributed by atoms with Gasteiger partial charge in [0.2, 0.25) is 0 Å². The summed E-state index contributed by atoms with van der Waals surface area (Å²) in [4.78, 5) is 0. The van der Waals surface area contributed by atoms with E-state index >= 15 is 0 Å². The quantitative estimate of drug-likeness (QED) is 0.585. The van der Waals surface area contributed by atoms with E-state index in [1.165, 1.54) is 0 Å². The van der Waals surface area contributed by atoms with Gasteiger partial charge in [-0.25, -0.2) is 0 Å². The molecule has 0 heterocycles. The number of benzene rings is 3. The molecule has 0 aromatic heterocycles. The molecular weight excluding hydrogens is 363 g/mol. The zero-order valence-electron chi connectivity index (χ0n) is 14.7. The van der Waals surface area contributed by atoms with Crippen molar-refractivity contribution in [2.24, 2.45) is 0 Å². The van der Waals surface area contributed by atoms with Crippen molar-refractivity contribution < 1.29 is 12.6 Å². The Hall–Kier alpha value is -2.00. The van der Waals surface area contributed by atoms with Gasteiger partial charge >= 0.3 is 156 Å². The van der Waals surface area contributed by atoms with Gasteiger partial charge in [0.15, 0.2) is 0 Å². The van der Waals surface area contributed by atoms with E-state index in [4.69, 9.17) is 4.18 Å². The first-order valence-electron chi connectivity index (χ1n) is 8.68. The predicted octanol–water partition coefficient (Wildman–Crippen LogP) is 3.38. The van der Waals surface area contributed by atoms with Gasteiger partial charge in [-0.15, -0.1) is 0 Å². The topological polar surface area (TPSA) is 43.4 Å². The molecule has 5 heteroatoms.